The van der Waals surface area contributed by atoms with Gasteiger partial charge in [-0.2, -0.15) is 0 Å². The van der Waals surface area contributed by atoms with Gasteiger partial charge in [-0.3, -0.25) is 9.59 Å². The Labute approximate surface area is 146 Å². The number of morpholine rings is 1. The van der Waals surface area contributed by atoms with Crippen LogP contribution >= 0.6 is 0 Å². The maximum atomic E-state index is 12.4. The van der Waals surface area contributed by atoms with Crippen LogP contribution in [-0.2, 0) is 16.0 Å². The molecule has 3 rings (SSSR count). The third-order valence-electron chi connectivity index (χ3n) is 4.21. The van der Waals surface area contributed by atoms with Gasteiger partial charge >= 0.3 is 0 Å². The highest BCUT2D eigenvalue weighted by Crippen LogP contribution is 2.17. The Bertz CT molecular complexity index is 751. The van der Waals surface area contributed by atoms with E-state index in [-0.39, 0.29) is 11.7 Å². The second-order valence-electron chi connectivity index (χ2n) is 6.14. The number of carbonyl (C=O) groups excluding carboxylic acids is 2. The number of anilines is 1. The first kappa shape index (κ1) is 17.4. The predicted molar refractivity (Wildman–Crippen MR) is 93.8 cm³/mol. The lowest BCUT2D eigenvalue weighted by molar-refractivity contribution is -0.132. The molecule has 132 valence electrons. The number of aryl methyl sites for hydroxylation is 1. The predicted octanol–water partition coefficient (Wildman–Crippen LogP) is 2.34. The van der Waals surface area contributed by atoms with Gasteiger partial charge < -0.3 is 19.4 Å². The average Bonchev–Trinajstić information content (AvgIpc) is 3.11. The Balaban J connectivity index is 1.63. The summed E-state index contributed by atoms with van der Waals surface area (Å²) in [7, 11) is 1.96. The molecular weight excluding hydrogens is 320 g/mol. The van der Waals surface area contributed by atoms with Crippen LogP contribution in [0.25, 0.3) is 0 Å². The van der Waals surface area contributed by atoms with Gasteiger partial charge in [-0.15, -0.1) is 0 Å². The summed E-state index contributed by atoms with van der Waals surface area (Å²) in [6.07, 6.45) is 0.270. The minimum Gasteiger partial charge on any atom is -0.458 e. The number of benzene rings is 1. The number of likely N-dealkylation sites (N-methyl/N-ethyl adjacent to an activating group) is 1. The zero-order chi connectivity index (χ0) is 17.8. The number of furan rings is 1. The van der Waals surface area contributed by atoms with E-state index in [0.717, 1.165) is 18.7 Å². The van der Waals surface area contributed by atoms with Crippen LogP contribution in [0.2, 0.25) is 0 Å². The average molecular weight is 342 g/mol. The van der Waals surface area contributed by atoms with E-state index < -0.39 is 6.10 Å². The standard InChI is InChI=1S/C19H22N2O4/c1-3-15-8-9-16(25-15)18(22)13-4-6-14(7-5-13)20-19(23)17-12-21(2)10-11-24-17/h4-9,17H,3,10-12H2,1-2H3,(H,20,23)/t17-/m0/s1. The zero-order valence-corrected chi connectivity index (χ0v) is 14.5. The summed E-state index contributed by atoms with van der Waals surface area (Å²) in [5, 5.41) is 2.83. The lowest BCUT2D eigenvalue weighted by Gasteiger charge is -2.29. The zero-order valence-electron chi connectivity index (χ0n) is 14.5. The molecule has 0 saturated carbocycles. The molecule has 6 nitrogen and oxygen atoms in total. The Kier molecular flexibility index (Phi) is 5.31. The molecule has 1 N–H and O–H groups in total. The van der Waals surface area contributed by atoms with Gasteiger partial charge in [0.2, 0.25) is 5.78 Å². The quantitative estimate of drug-likeness (QED) is 0.845. The molecule has 1 aliphatic rings. The van der Waals surface area contributed by atoms with Crippen molar-refractivity contribution in [3.05, 3.63) is 53.5 Å². The monoisotopic (exact) mass is 342 g/mol. The van der Waals surface area contributed by atoms with Crippen molar-refractivity contribution < 1.29 is 18.7 Å². The molecule has 25 heavy (non-hydrogen) atoms. The fourth-order valence-electron chi connectivity index (χ4n) is 2.70. The lowest BCUT2D eigenvalue weighted by Crippen LogP contribution is -2.46. The van der Waals surface area contributed by atoms with Crippen LogP contribution < -0.4 is 5.32 Å². The van der Waals surface area contributed by atoms with Gasteiger partial charge in [-0.05, 0) is 43.4 Å². The minimum absolute atomic E-state index is 0.171. The SMILES string of the molecule is CCc1ccc(C(=O)c2ccc(NC(=O)[C@@H]3CN(C)CCO3)cc2)o1. The number of hydrogen-bond acceptors (Lipinski definition) is 5. The van der Waals surface area contributed by atoms with Gasteiger partial charge in [0.05, 0.1) is 6.61 Å². The second-order valence-corrected chi connectivity index (χ2v) is 6.14. The molecule has 0 spiro atoms. The van der Waals surface area contributed by atoms with E-state index in [0.29, 0.717) is 30.2 Å². The first-order valence-corrected chi connectivity index (χ1v) is 8.41. The van der Waals surface area contributed by atoms with Crippen LogP contribution in [0, 0.1) is 0 Å². The van der Waals surface area contributed by atoms with Gasteiger partial charge in [0, 0.05) is 30.8 Å². The minimum atomic E-state index is -0.476. The lowest BCUT2D eigenvalue weighted by atomic mass is 10.1. The number of ether oxygens (including phenoxy) is 1. The smallest absolute Gasteiger partial charge is 0.254 e. The first-order chi connectivity index (χ1) is 12.1. The Morgan fingerprint density at radius 3 is 2.60 bits per heavy atom. The molecule has 1 atom stereocenters. The Morgan fingerprint density at radius 1 is 1.20 bits per heavy atom. The number of hydrogen-bond donors (Lipinski definition) is 1. The van der Waals surface area contributed by atoms with Crippen LogP contribution in [0.3, 0.4) is 0 Å². The van der Waals surface area contributed by atoms with Crippen LogP contribution in [0.1, 0.15) is 28.8 Å². The molecule has 0 aliphatic carbocycles. The number of rotatable bonds is 5. The molecular formula is C19H22N2O4. The molecule has 1 fully saturated rings. The van der Waals surface area contributed by atoms with Crippen molar-refractivity contribution in [2.24, 2.45) is 0 Å². The number of amides is 1. The van der Waals surface area contributed by atoms with E-state index in [9.17, 15) is 9.59 Å². The molecule has 1 amide bonds. The molecule has 1 aliphatic heterocycles. The van der Waals surface area contributed by atoms with Gasteiger partial charge in [-0.1, -0.05) is 6.92 Å². The van der Waals surface area contributed by atoms with Crippen molar-refractivity contribution in [2.75, 3.05) is 32.1 Å². The van der Waals surface area contributed by atoms with E-state index >= 15 is 0 Å². The number of ketones is 1. The van der Waals surface area contributed by atoms with Gasteiger partial charge in [0.1, 0.15) is 11.9 Å². The van der Waals surface area contributed by atoms with Crippen LogP contribution in [-0.4, -0.2) is 49.4 Å². The summed E-state index contributed by atoms with van der Waals surface area (Å²) < 4.78 is 11.0. The van der Waals surface area contributed by atoms with Crippen LogP contribution in [0.15, 0.2) is 40.8 Å². The Hall–Kier alpha value is -2.44. The maximum Gasteiger partial charge on any atom is 0.254 e. The number of nitrogens with one attached hydrogen (secondary N) is 1. The van der Waals surface area contributed by atoms with Crippen molar-refractivity contribution in [1.82, 2.24) is 4.90 Å². The molecule has 1 aromatic carbocycles. The van der Waals surface area contributed by atoms with Crippen molar-refractivity contribution >= 4 is 17.4 Å². The van der Waals surface area contributed by atoms with Gasteiger partial charge in [0.15, 0.2) is 5.76 Å². The summed E-state index contributed by atoms with van der Waals surface area (Å²) in [6.45, 7) is 3.91. The molecule has 1 saturated heterocycles. The molecule has 0 bridgehead atoms. The highest BCUT2D eigenvalue weighted by molar-refractivity contribution is 6.07. The Morgan fingerprint density at radius 2 is 1.96 bits per heavy atom. The van der Waals surface area contributed by atoms with Crippen molar-refractivity contribution in [3.63, 3.8) is 0 Å². The first-order valence-electron chi connectivity index (χ1n) is 8.41. The fourth-order valence-corrected chi connectivity index (χ4v) is 2.70. The maximum absolute atomic E-state index is 12.4. The highest BCUT2D eigenvalue weighted by Gasteiger charge is 2.24. The summed E-state index contributed by atoms with van der Waals surface area (Å²) >= 11 is 0. The second kappa shape index (κ2) is 7.63. The fraction of sp³-hybridized carbons (Fsp3) is 0.368. The molecule has 1 aromatic heterocycles. The summed E-state index contributed by atoms with van der Waals surface area (Å²) in [4.78, 5) is 26.7. The molecule has 0 unspecified atom stereocenters. The van der Waals surface area contributed by atoms with Crippen molar-refractivity contribution in [3.8, 4) is 0 Å². The number of carbonyl (C=O) groups is 2. The number of nitrogens with zero attached hydrogens (tertiary/aromatic N) is 1. The van der Waals surface area contributed by atoms with E-state index in [2.05, 4.69) is 10.2 Å². The van der Waals surface area contributed by atoms with Crippen molar-refractivity contribution in [1.29, 1.82) is 0 Å². The molecule has 2 aromatic rings. The molecule has 2 heterocycles. The normalized spacial score (nSPS) is 18.1. The van der Waals surface area contributed by atoms with Crippen LogP contribution in [0.4, 0.5) is 5.69 Å². The van der Waals surface area contributed by atoms with E-state index in [1.807, 2.05) is 20.0 Å². The topological polar surface area (TPSA) is 71.8 Å². The van der Waals surface area contributed by atoms with Crippen molar-refractivity contribution in [2.45, 2.75) is 19.4 Å². The molecule has 6 heteroatoms. The summed E-state index contributed by atoms with van der Waals surface area (Å²) in [5.74, 6) is 0.760. The third-order valence-corrected chi connectivity index (χ3v) is 4.21. The summed E-state index contributed by atoms with van der Waals surface area (Å²) in [5.41, 5.74) is 1.15. The highest BCUT2D eigenvalue weighted by atomic mass is 16.5. The summed E-state index contributed by atoms with van der Waals surface area (Å²) in [6, 6.07) is 10.3. The van der Waals surface area contributed by atoms with E-state index in [1.165, 1.54) is 0 Å². The van der Waals surface area contributed by atoms with Crippen LogP contribution in [0.5, 0.6) is 0 Å². The molecule has 0 radical (unpaired) electrons. The van der Waals surface area contributed by atoms with E-state index in [1.54, 1.807) is 30.3 Å². The van der Waals surface area contributed by atoms with Gasteiger partial charge in [0.25, 0.3) is 5.91 Å². The third kappa shape index (κ3) is 4.15. The largest absolute Gasteiger partial charge is 0.458 e. The van der Waals surface area contributed by atoms with E-state index in [4.69, 9.17) is 9.15 Å². The van der Waals surface area contributed by atoms with Gasteiger partial charge in [-0.25, -0.2) is 0 Å².